The number of hydrogen-bond acceptors (Lipinski definition) is 9. The lowest BCUT2D eigenvalue weighted by Crippen LogP contribution is -2.46. The number of aromatic nitrogens is 2. The van der Waals surface area contributed by atoms with Crippen LogP contribution in [0, 0.1) is 0 Å². The van der Waals surface area contributed by atoms with Crippen LogP contribution in [-0.2, 0) is 26.0 Å². The SMILES string of the molecule is COc1ccc(CCc2oc(=O)n(CCCN3CCN(c4cccc(Cl)c4)CC3)c2O)cc1OCc1coc(C=Cc2ccccc2)n1. The van der Waals surface area contributed by atoms with Crippen LogP contribution >= 0.6 is 11.6 Å². The summed E-state index contributed by atoms with van der Waals surface area (Å²) in [6.45, 7) is 5.06. The first-order valence-corrected chi connectivity index (χ1v) is 16.4. The van der Waals surface area contributed by atoms with Gasteiger partial charge >= 0.3 is 5.76 Å². The third-order valence-corrected chi connectivity index (χ3v) is 8.60. The number of methoxy groups -OCH3 is 1. The first-order chi connectivity index (χ1) is 23.4. The second-order valence-electron chi connectivity index (χ2n) is 11.6. The van der Waals surface area contributed by atoms with Gasteiger partial charge in [0.05, 0.1) is 7.11 Å². The molecule has 0 aliphatic carbocycles. The van der Waals surface area contributed by atoms with Crippen LogP contribution in [-0.4, -0.2) is 59.4 Å². The zero-order chi connectivity index (χ0) is 33.3. The van der Waals surface area contributed by atoms with Crippen molar-refractivity contribution in [1.29, 1.82) is 0 Å². The standard InChI is InChI=1S/C37H39ClN4O6/c1-45-32-14-11-28(23-34(32)46-25-30-26-47-35(39-30)16-13-27-7-3-2-4-8-27)12-15-33-36(43)42(37(44)48-33)18-6-17-40-19-21-41(22-20-40)31-10-5-9-29(38)24-31/h2-5,7-11,13-14,16,23-24,26,43H,6,12,15,17-22,25H2,1H3. The lowest BCUT2D eigenvalue weighted by atomic mass is 10.1. The van der Waals surface area contributed by atoms with Crippen LogP contribution in [0.4, 0.5) is 5.69 Å². The highest BCUT2D eigenvalue weighted by Crippen LogP contribution is 2.30. The number of nitrogens with zero attached hydrogens (tertiary/aromatic N) is 4. The number of aromatic hydroxyl groups is 1. The molecule has 0 radical (unpaired) electrons. The van der Waals surface area contributed by atoms with Gasteiger partial charge in [-0.3, -0.25) is 4.90 Å². The van der Waals surface area contributed by atoms with Crippen molar-refractivity contribution in [2.24, 2.45) is 0 Å². The largest absolute Gasteiger partial charge is 0.493 e. The van der Waals surface area contributed by atoms with E-state index in [9.17, 15) is 9.90 Å². The number of aryl methyl sites for hydroxylation is 2. The maximum atomic E-state index is 12.6. The molecule has 2 aromatic heterocycles. The van der Waals surface area contributed by atoms with Crippen LogP contribution in [0.3, 0.4) is 0 Å². The zero-order valence-corrected chi connectivity index (χ0v) is 27.6. The number of piperazine rings is 1. The summed E-state index contributed by atoms with van der Waals surface area (Å²) in [4.78, 5) is 21.8. The van der Waals surface area contributed by atoms with E-state index in [0.29, 0.717) is 42.5 Å². The smallest absolute Gasteiger partial charge is 0.422 e. The highest BCUT2D eigenvalue weighted by molar-refractivity contribution is 6.30. The van der Waals surface area contributed by atoms with E-state index in [4.69, 9.17) is 29.9 Å². The Labute approximate surface area is 284 Å². The van der Waals surface area contributed by atoms with Crippen LogP contribution in [0.25, 0.3) is 12.2 Å². The van der Waals surface area contributed by atoms with E-state index in [-0.39, 0.29) is 18.2 Å². The fourth-order valence-electron chi connectivity index (χ4n) is 5.75. The Morgan fingerprint density at radius 1 is 0.938 bits per heavy atom. The number of hydrogen-bond donors (Lipinski definition) is 1. The molecule has 250 valence electrons. The molecule has 3 aromatic carbocycles. The normalized spacial score (nSPS) is 13.8. The Kier molecular flexibility index (Phi) is 10.8. The Morgan fingerprint density at radius 3 is 2.56 bits per heavy atom. The first kappa shape index (κ1) is 33.0. The third-order valence-electron chi connectivity index (χ3n) is 8.37. The van der Waals surface area contributed by atoms with Crippen molar-refractivity contribution in [2.45, 2.75) is 32.4 Å². The molecule has 11 heteroatoms. The molecule has 1 fully saturated rings. The Hall–Kier alpha value is -4.93. The molecule has 0 saturated carbocycles. The number of ether oxygens (including phenoxy) is 2. The minimum absolute atomic E-state index is 0.112. The van der Waals surface area contributed by atoms with E-state index in [1.54, 1.807) is 13.4 Å². The maximum absolute atomic E-state index is 12.6. The summed E-state index contributed by atoms with van der Waals surface area (Å²) >= 11 is 6.16. The summed E-state index contributed by atoms with van der Waals surface area (Å²) in [5, 5.41) is 11.6. The molecular formula is C37H39ClN4O6. The molecule has 48 heavy (non-hydrogen) atoms. The lowest BCUT2D eigenvalue weighted by molar-refractivity contribution is 0.247. The van der Waals surface area contributed by atoms with Crippen molar-refractivity contribution in [3.63, 3.8) is 0 Å². The van der Waals surface area contributed by atoms with Crippen molar-refractivity contribution < 1.29 is 23.4 Å². The summed E-state index contributed by atoms with van der Waals surface area (Å²) in [6.07, 6.45) is 6.91. The highest BCUT2D eigenvalue weighted by atomic mass is 35.5. The summed E-state index contributed by atoms with van der Waals surface area (Å²) in [6, 6.07) is 23.5. The molecule has 1 aliphatic heterocycles. The van der Waals surface area contributed by atoms with E-state index in [1.165, 1.54) is 4.57 Å². The molecule has 1 aliphatic rings. The van der Waals surface area contributed by atoms with Crippen molar-refractivity contribution in [3.8, 4) is 17.4 Å². The molecule has 3 heterocycles. The third kappa shape index (κ3) is 8.50. The number of rotatable bonds is 14. The van der Waals surface area contributed by atoms with E-state index in [1.807, 2.05) is 78.9 Å². The number of oxazole rings is 2. The van der Waals surface area contributed by atoms with Crippen LogP contribution in [0.2, 0.25) is 5.02 Å². The fraction of sp³-hybridized carbons (Fsp3) is 0.297. The zero-order valence-electron chi connectivity index (χ0n) is 26.9. The summed E-state index contributed by atoms with van der Waals surface area (Å²) in [5.41, 5.74) is 3.76. The van der Waals surface area contributed by atoms with Crippen LogP contribution in [0.5, 0.6) is 17.4 Å². The van der Waals surface area contributed by atoms with Crippen molar-refractivity contribution in [3.05, 3.63) is 123 Å². The molecule has 1 saturated heterocycles. The Morgan fingerprint density at radius 2 is 1.77 bits per heavy atom. The average Bonchev–Trinajstić information content (AvgIpc) is 3.69. The summed E-state index contributed by atoms with van der Waals surface area (Å²) in [7, 11) is 1.58. The lowest BCUT2D eigenvalue weighted by Gasteiger charge is -2.36. The maximum Gasteiger partial charge on any atom is 0.422 e. The van der Waals surface area contributed by atoms with Crippen LogP contribution in [0.15, 0.2) is 92.7 Å². The predicted octanol–water partition coefficient (Wildman–Crippen LogP) is 6.54. The molecule has 0 bridgehead atoms. The van der Waals surface area contributed by atoms with E-state index in [2.05, 4.69) is 20.9 Å². The first-order valence-electron chi connectivity index (χ1n) is 16.1. The number of benzene rings is 3. The Balaban J connectivity index is 0.986. The van der Waals surface area contributed by atoms with Gasteiger partial charge in [0, 0.05) is 55.9 Å². The average molecular weight is 671 g/mol. The molecule has 0 unspecified atom stereocenters. The minimum atomic E-state index is -0.544. The van der Waals surface area contributed by atoms with Gasteiger partial charge < -0.3 is 28.3 Å². The van der Waals surface area contributed by atoms with Gasteiger partial charge in [-0.15, -0.1) is 0 Å². The van der Waals surface area contributed by atoms with Crippen LogP contribution < -0.4 is 20.1 Å². The van der Waals surface area contributed by atoms with E-state index in [0.717, 1.165) is 61.0 Å². The second kappa shape index (κ2) is 15.8. The molecule has 1 N–H and O–H groups in total. The molecular weight excluding hydrogens is 632 g/mol. The monoisotopic (exact) mass is 670 g/mol. The van der Waals surface area contributed by atoms with Gasteiger partial charge in [0.25, 0.3) is 0 Å². The molecule has 5 aromatic rings. The number of halogens is 1. The van der Waals surface area contributed by atoms with Gasteiger partial charge in [0.1, 0.15) is 18.6 Å². The predicted molar refractivity (Wildman–Crippen MR) is 186 cm³/mol. The van der Waals surface area contributed by atoms with E-state index >= 15 is 0 Å². The van der Waals surface area contributed by atoms with Crippen molar-refractivity contribution >= 4 is 29.4 Å². The minimum Gasteiger partial charge on any atom is -0.493 e. The van der Waals surface area contributed by atoms with Gasteiger partial charge in [-0.05, 0) is 66.9 Å². The molecule has 0 amide bonds. The van der Waals surface area contributed by atoms with Gasteiger partial charge in [-0.1, -0.05) is 54.1 Å². The molecule has 6 rings (SSSR count). The van der Waals surface area contributed by atoms with Gasteiger partial charge in [-0.2, -0.15) is 0 Å². The molecule has 0 spiro atoms. The van der Waals surface area contributed by atoms with E-state index < -0.39 is 5.76 Å². The van der Waals surface area contributed by atoms with Crippen molar-refractivity contribution in [1.82, 2.24) is 14.5 Å². The number of anilines is 1. The van der Waals surface area contributed by atoms with Gasteiger partial charge in [-0.25, -0.2) is 14.3 Å². The summed E-state index contributed by atoms with van der Waals surface area (Å²) in [5.74, 6) is 1.23. The quantitative estimate of drug-likeness (QED) is 0.141. The molecule has 0 atom stereocenters. The Bertz CT molecular complexity index is 1870. The fourth-order valence-corrected chi connectivity index (χ4v) is 5.94. The molecule has 10 nitrogen and oxygen atoms in total. The van der Waals surface area contributed by atoms with Crippen molar-refractivity contribution in [2.75, 3.05) is 44.7 Å². The summed E-state index contributed by atoms with van der Waals surface area (Å²) < 4.78 is 23.9. The second-order valence-corrected chi connectivity index (χ2v) is 12.1. The van der Waals surface area contributed by atoms with Gasteiger partial charge in [0.15, 0.2) is 17.3 Å². The van der Waals surface area contributed by atoms with Gasteiger partial charge in [0.2, 0.25) is 11.8 Å². The highest BCUT2D eigenvalue weighted by Gasteiger charge is 2.19. The topological polar surface area (TPSA) is 106 Å². The van der Waals surface area contributed by atoms with Crippen LogP contribution in [0.1, 0.15) is 34.9 Å².